The van der Waals surface area contributed by atoms with Gasteiger partial charge in [0.25, 0.3) is 0 Å². The van der Waals surface area contributed by atoms with Gasteiger partial charge in [-0.25, -0.2) is 0 Å². The largest absolute Gasteiger partial charge is 0.489 e. The number of amides is 2. The number of nitrogens with one attached hydrogen (secondary N) is 3. The average molecular weight is 523 g/mol. The average Bonchev–Trinajstić information content (AvgIpc) is 2.81. The number of benzene rings is 2. The zero-order valence-corrected chi connectivity index (χ0v) is 23.8. The summed E-state index contributed by atoms with van der Waals surface area (Å²) >= 11 is 0. The summed E-state index contributed by atoms with van der Waals surface area (Å²) in [7, 11) is 0. The van der Waals surface area contributed by atoms with E-state index in [0.29, 0.717) is 19.4 Å². The van der Waals surface area contributed by atoms with E-state index in [0.717, 1.165) is 29.7 Å². The molecule has 0 spiro atoms. The normalized spacial score (nSPS) is 18.4. The van der Waals surface area contributed by atoms with Crippen molar-refractivity contribution >= 4 is 11.8 Å². The van der Waals surface area contributed by atoms with Crippen LogP contribution in [0.1, 0.15) is 71.9 Å². The lowest BCUT2D eigenvalue weighted by atomic mass is 9.79. The van der Waals surface area contributed by atoms with Crippen LogP contribution in [0.5, 0.6) is 5.75 Å². The van der Waals surface area contributed by atoms with Crippen LogP contribution in [-0.2, 0) is 22.6 Å². The van der Waals surface area contributed by atoms with Gasteiger partial charge in [-0.05, 0) is 76.1 Å². The van der Waals surface area contributed by atoms with E-state index in [4.69, 9.17) is 10.5 Å². The summed E-state index contributed by atoms with van der Waals surface area (Å²) in [6, 6.07) is 16.3. The topological polar surface area (TPSA) is 105 Å². The predicted octanol–water partition coefficient (Wildman–Crippen LogP) is 4.09. The minimum atomic E-state index is -0.724. The summed E-state index contributed by atoms with van der Waals surface area (Å²) in [5.74, 6) is 0.553. The number of rotatable bonds is 11. The van der Waals surface area contributed by atoms with Crippen molar-refractivity contribution in [2.24, 2.45) is 11.7 Å². The SMILES string of the molecule is CC(C)CC(N)C(=O)NC(Cc1ccc(OCc2ccccc2)cc1)C(=O)NC1CC(C)(C)NC(C)(C)C1. The van der Waals surface area contributed by atoms with E-state index < -0.39 is 12.1 Å². The van der Waals surface area contributed by atoms with Gasteiger partial charge in [-0.3, -0.25) is 9.59 Å². The van der Waals surface area contributed by atoms with Crippen LogP contribution in [0.4, 0.5) is 0 Å². The first-order chi connectivity index (χ1) is 17.8. The van der Waals surface area contributed by atoms with E-state index in [1.165, 1.54) is 0 Å². The molecule has 38 heavy (non-hydrogen) atoms. The third-order valence-electron chi connectivity index (χ3n) is 6.84. The molecule has 7 heteroatoms. The number of carbonyl (C=O) groups is 2. The zero-order valence-electron chi connectivity index (χ0n) is 23.8. The van der Waals surface area contributed by atoms with E-state index in [2.05, 4.69) is 43.6 Å². The van der Waals surface area contributed by atoms with Crippen LogP contribution in [0, 0.1) is 5.92 Å². The monoisotopic (exact) mass is 522 g/mol. The lowest BCUT2D eigenvalue weighted by Gasteiger charge is -2.46. The fraction of sp³-hybridized carbons (Fsp3) is 0.548. The molecule has 1 fully saturated rings. The Morgan fingerprint density at radius 1 is 0.947 bits per heavy atom. The van der Waals surface area contributed by atoms with Crippen LogP contribution >= 0.6 is 0 Å². The second-order valence-electron chi connectivity index (χ2n) is 12.4. The number of nitrogens with two attached hydrogens (primary N) is 1. The third kappa shape index (κ3) is 9.44. The molecule has 5 N–H and O–H groups in total. The molecule has 208 valence electrons. The Hall–Kier alpha value is -2.90. The van der Waals surface area contributed by atoms with Gasteiger partial charge in [0.2, 0.25) is 11.8 Å². The van der Waals surface area contributed by atoms with Crippen LogP contribution < -0.4 is 26.4 Å². The van der Waals surface area contributed by atoms with Gasteiger partial charge in [0.1, 0.15) is 18.4 Å². The van der Waals surface area contributed by atoms with Crippen LogP contribution in [0.3, 0.4) is 0 Å². The van der Waals surface area contributed by atoms with E-state index in [1.54, 1.807) is 0 Å². The van der Waals surface area contributed by atoms with Gasteiger partial charge in [-0.15, -0.1) is 0 Å². The van der Waals surface area contributed by atoms with Crippen molar-refractivity contribution in [2.45, 2.75) is 103 Å². The van der Waals surface area contributed by atoms with E-state index in [-0.39, 0.29) is 34.9 Å². The van der Waals surface area contributed by atoms with Crippen molar-refractivity contribution in [1.29, 1.82) is 0 Å². The first kappa shape index (κ1) is 29.7. The zero-order chi connectivity index (χ0) is 27.9. The molecule has 2 aromatic rings. The summed E-state index contributed by atoms with van der Waals surface area (Å²) in [6.45, 7) is 13.1. The van der Waals surface area contributed by atoms with Crippen molar-refractivity contribution in [2.75, 3.05) is 0 Å². The van der Waals surface area contributed by atoms with Crippen molar-refractivity contribution in [3.8, 4) is 5.75 Å². The molecule has 2 unspecified atom stereocenters. The highest BCUT2D eigenvalue weighted by Crippen LogP contribution is 2.28. The molecule has 0 aliphatic carbocycles. The standard InChI is InChI=1S/C31H46N4O3/c1-21(2)16-26(32)28(36)34-27(29(37)33-24-18-30(3,4)35-31(5,6)19-24)17-22-12-14-25(15-13-22)38-20-23-10-8-7-9-11-23/h7-15,21,24,26-27,35H,16-20,32H2,1-6H3,(H,33,37)(H,34,36). The lowest BCUT2D eigenvalue weighted by molar-refractivity contribution is -0.130. The molecule has 0 aromatic heterocycles. The highest BCUT2D eigenvalue weighted by atomic mass is 16.5. The van der Waals surface area contributed by atoms with Crippen LogP contribution in [0.2, 0.25) is 0 Å². The van der Waals surface area contributed by atoms with Crippen LogP contribution in [0.25, 0.3) is 0 Å². The predicted molar refractivity (Wildman–Crippen MR) is 153 cm³/mol. The maximum atomic E-state index is 13.5. The van der Waals surface area contributed by atoms with Crippen molar-refractivity contribution < 1.29 is 14.3 Å². The minimum Gasteiger partial charge on any atom is -0.489 e. The fourth-order valence-corrected chi connectivity index (χ4v) is 5.53. The second-order valence-corrected chi connectivity index (χ2v) is 12.4. The molecule has 2 amide bonds. The Morgan fingerprint density at radius 3 is 2.13 bits per heavy atom. The molecule has 1 aliphatic rings. The maximum absolute atomic E-state index is 13.5. The summed E-state index contributed by atoms with van der Waals surface area (Å²) < 4.78 is 5.90. The molecule has 3 rings (SSSR count). The number of hydrogen-bond acceptors (Lipinski definition) is 5. The van der Waals surface area contributed by atoms with Gasteiger partial charge in [0.15, 0.2) is 0 Å². The van der Waals surface area contributed by atoms with Crippen molar-refractivity contribution in [3.63, 3.8) is 0 Å². The Labute approximate surface area is 228 Å². The summed E-state index contributed by atoms with van der Waals surface area (Å²) in [6.07, 6.45) is 2.54. The maximum Gasteiger partial charge on any atom is 0.243 e. The van der Waals surface area contributed by atoms with Gasteiger partial charge in [0.05, 0.1) is 6.04 Å². The number of piperidine rings is 1. The quantitative estimate of drug-likeness (QED) is 0.356. The van der Waals surface area contributed by atoms with Gasteiger partial charge >= 0.3 is 0 Å². The molecule has 1 saturated heterocycles. The first-order valence-corrected chi connectivity index (χ1v) is 13.7. The van der Waals surface area contributed by atoms with Gasteiger partial charge in [0, 0.05) is 23.5 Å². The van der Waals surface area contributed by atoms with Crippen molar-refractivity contribution in [1.82, 2.24) is 16.0 Å². The Morgan fingerprint density at radius 2 is 1.55 bits per heavy atom. The Bertz CT molecular complexity index is 1030. The Kier molecular flexibility index (Phi) is 9.96. The fourth-order valence-electron chi connectivity index (χ4n) is 5.53. The summed E-state index contributed by atoms with van der Waals surface area (Å²) in [5, 5.41) is 9.81. The molecule has 2 aromatic carbocycles. The number of hydrogen-bond donors (Lipinski definition) is 4. The number of ether oxygens (including phenoxy) is 1. The second kappa shape index (κ2) is 12.8. The molecule has 1 aliphatic heterocycles. The van der Waals surface area contributed by atoms with Gasteiger partial charge < -0.3 is 26.4 Å². The smallest absolute Gasteiger partial charge is 0.243 e. The number of carbonyl (C=O) groups excluding carboxylic acids is 2. The van der Waals surface area contributed by atoms with Crippen LogP contribution in [-0.4, -0.2) is 41.0 Å². The molecule has 2 atom stereocenters. The van der Waals surface area contributed by atoms with Gasteiger partial charge in [-0.1, -0.05) is 56.3 Å². The molecule has 0 radical (unpaired) electrons. The van der Waals surface area contributed by atoms with E-state index in [1.807, 2.05) is 68.4 Å². The molecule has 1 heterocycles. The molecule has 7 nitrogen and oxygen atoms in total. The van der Waals surface area contributed by atoms with Crippen LogP contribution in [0.15, 0.2) is 54.6 Å². The Balaban J connectivity index is 1.69. The molecular formula is C31H46N4O3. The molecular weight excluding hydrogens is 476 g/mol. The van der Waals surface area contributed by atoms with Crippen molar-refractivity contribution in [3.05, 3.63) is 65.7 Å². The third-order valence-corrected chi connectivity index (χ3v) is 6.84. The highest BCUT2D eigenvalue weighted by molar-refractivity contribution is 5.90. The first-order valence-electron chi connectivity index (χ1n) is 13.7. The highest BCUT2D eigenvalue weighted by Gasteiger charge is 2.39. The lowest BCUT2D eigenvalue weighted by Crippen LogP contribution is -2.63. The molecule has 0 bridgehead atoms. The summed E-state index contributed by atoms with van der Waals surface area (Å²) in [4.78, 5) is 26.4. The minimum absolute atomic E-state index is 0.00579. The molecule has 0 saturated carbocycles. The van der Waals surface area contributed by atoms with E-state index >= 15 is 0 Å². The van der Waals surface area contributed by atoms with E-state index in [9.17, 15) is 9.59 Å². The summed E-state index contributed by atoms with van der Waals surface area (Å²) in [5.41, 5.74) is 7.97. The van der Waals surface area contributed by atoms with Gasteiger partial charge in [-0.2, -0.15) is 0 Å².